The fourth-order valence-electron chi connectivity index (χ4n) is 2.87. The molecule has 0 bridgehead atoms. The number of nitrogens with zero attached hydrogens (tertiary/aromatic N) is 2. The molecule has 2 aromatic rings. The molecule has 110 valence electrons. The highest BCUT2D eigenvalue weighted by Gasteiger charge is 2.19. The van der Waals surface area contributed by atoms with Crippen molar-refractivity contribution < 1.29 is 15.0 Å². The van der Waals surface area contributed by atoms with E-state index in [9.17, 15) is 9.90 Å². The Morgan fingerprint density at radius 3 is 2.76 bits per heavy atom. The molecule has 0 amide bonds. The van der Waals surface area contributed by atoms with E-state index in [1.54, 1.807) is 18.2 Å². The highest BCUT2D eigenvalue weighted by atomic mass is 16.4. The van der Waals surface area contributed by atoms with Crippen molar-refractivity contribution in [2.75, 3.05) is 0 Å². The molecule has 2 N–H and O–H groups in total. The Morgan fingerprint density at radius 1 is 1.29 bits per heavy atom. The maximum Gasteiger partial charge on any atom is 0.337 e. The van der Waals surface area contributed by atoms with Crippen LogP contribution in [0.2, 0.25) is 0 Å². The first kappa shape index (κ1) is 13.8. The van der Waals surface area contributed by atoms with Crippen LogP contribution in [0.1, 0.15) is 43.4 Å². The number of aromatic nitrogens is 2. The normalized spacial score (nSPS) is 17.0. The van der Waals surface area contributed by atoms with Gasteiger partial charge in [0.2, 0.25) is 0 Å². The molecule has 0 aliphatic heterocycles. The molecule has 3 rings (SSSR count). The van der Waals surface area contributed by atoms with Crippen molar-refractivity contribution in [3.8, 4) is 11.3 Å². The van der Waals surface area contributed by atoms with E-state index in [2.05, 4.69) is 5.10 Å². The van der Waals surface area contributed by atoms with Gasteiger partial charge in [-0.05, 0) is 30.5 Å². The van der Waals surface area contributed by atoms with Crippen LogP contribution in [0, 0.1) is 0 Å². The fourth-order valence-corrected chi connectivity index (χ4v) is 2.87. The van der Waals surface area contributed by atoms with Crippen LogP contribution in [-0.2, 0) is 4.79 Å². The van der Waals surface area contributed by atoms with Crippen LogP contribution in [0.15, 0.2) is 36.5 Å². The van der Waals surface area contributed by atoms with Gasteiger partial charge >= 0.3 is 5.97 Å². The lowest BCUT2D eigenvalue weighted by molar-refractivity contribution is -0.146. The second-order valence-electron chi connectivity index (χ2n) is 5.49. The first-order valence-corrected chi connectivity index (χ1v) is 7.21. The van der Waals surface area contributed by atoms with Gasteiger partial charge in [0, 0.05) is 11.8 Å². The number of rotatable bonds is 4. The van der Waals surface area contributed by atoms with Gasteiger partial charge in [-0.3, -0.25) is 4.68 Å². The van der Waals surface area contributed by atoms with Crippen LogP contribution in [0.3, 0.4) is 0 Å². The van der Waals surface area contributed by atoms with Gasteiger partial charge in [0.15, 0.2) is 6.10 Å². The third-order valence-electron chi connectivity index (χ3n) is 4.04. The summed E-state index contributed by atoms with van der Waals surface area (Å²) in [5.74, 6) is -1.25. The summed E-state index contributed by atoms with van der Waals surface area (Å²) < 4.78 is 2.00. The van der Waals surface area contributed by atoms with Crippen LogP contribution in [-0.4, -0.2) is 26.0 Å². The van der Waals surface area contributed by atoms with E-state index < -0.39 is 12.1 Å². The minimum absolute atomic E-state index is 0.371. The summed E-state index contributed by atoms with van der Waals surface area (Å²) in [6.45, 7) is 0. The van der Waals surface area contributed by atoms with Crippen molar-refractivity contribution in [3.63, 3.8) is 0 Å². The predicted octanol–water partition coefficient (Wildman–Crippen LogP) is 2.78. The molecule has 1 fully saturated rings. The van der Waals surface area contributed by atoms with Crippen LogP contribution < -0.4 is 0 Å². The number of hydrogen-bond donors (Lipinski definition) is 2. The zero-order valence-corrected chi connectivity index (χ0v) is 11.6. The number of aliphatic carboxylic acids is 1. The van der Waals surface area contributed by atoms with E-state index in [0.29, 0.717) is 11.6 Å². The van der Waals surface area contributed by atoms with E-state index >= 15 is 0 Å². The van der Waals surface area contributed by atoms with Gasteiger partial charge in [0.1, 0.15) is 0 Å². The van der Waals surface area contributed by atoms with Crippen LogP contribution in [0.25, 0.3) is 11.3 Å². The summed E-state index contributed by atoms with van der Waals surface area (Å²) in [6.07, 6.45) is 5.31. The monoisotopic (exact) mass is 286 g/mol. The van der Waals surface area contributed by atoms with Crippen molar-refractivity contribution in [2.45, 2.75) is 37.8 Å². The van der Waals surface area contributed by atoms with Gasteiger partial charge in [0.25, 0.3) is 0 Å². The summed E-state index contributed by atoms with van der Waals surface area (Å²) >= 11 is 0. The van der Waals surface area contributed by atoms with Crippen LogP contribution in [0.4, 0.5) is 0 Å². The molecule has 5 nitrogen and oxygen atoms in total. The second-order valence-corrected chi connectivity index (χ2v) is 5.49. The first-order chi connectivity index (χ1) is 10.1. The number of aliphatic hydroxyl groups is 1. The number of benzene rings is 1. The lowest BCUT2D eigenvalue weighted by atomic mass is 10.0. The van der Waals surface area contributed by atoms with Crippen molar-refractivity contribution in [1.29, 1.82) is 0 Å². The van der Waals surface area contributed by atoms with E-state index in [0.717, 1.165) is 11.3 Å². The van der Waals surface area contributed by atoms with Crippen molar-refractivity contribution in [2.24, 2.45) is 0 Å². The third kappa shape index (κ3) is 2.83. The summed E-state index contributed by atoms with van der Waals surface area (Å²) in [5.41, 5.74) is 2.00. The molecule has 1 aromatic heterocycles. The lowest BCUT2D eigenvalue weighted by Crippen LogP contribution is -2.10. The molecule has 1 aliphatic rings. The SMILES string of the molecule is O=C(O)C(O)c1cccc(-c2ccn(C3CCCC3)n2)c1. The zero-order chi connectivity index (χ0) is 14.8. The average Bonchev–Trinajstić information content (AvgIpc) is 3.17. The van der Waals surface area contributed by atoms with E-state index in [1.165, 1.54) is 25.7 Å². The van der Waals surface area contributed by atoms with E-state index in [-0.39, 0.29) is 0 Å². The second kappa shape index (κ2) is 5.69. The molecule has 0 radical (unpaired) electrons. The predicted molar refractivity (Wildman–Crippen MR) is 77.8 cm³/mol. The minimum atomic E-state index is -1.50. The van der Waals surface area contributed by atoms with Crippen molar-refractivity contribution in [3.05, 3.63) is 42.1 Å². The molecule has 5 heteroatoms. The number of carboxylic acid groups (broad SMARTS) is 1. The topological polar surface area (TPSA) is 75.3 Å². The molecule has 0 spiro atoms. The molecule has 1 atom stereocenters. The van der Waals surface area contributed by atoms with Gasteiger partial charge in [-0.25, -0.2) is 4.79 Å². The highest BCUT2D eigenvalue weighted by Crippen LogP contribution is 2.30. The van der Waals surface area contributed by atoms with Crippen molar-refractivity contribution in [1.82, 2.24) is 9.78 Å². The molecule has 1 heterocycles. The fraction of sp³-hybridized carbons (Fsp3) is 0.375. The van der Waals surface area contributed by atoms with Gasteiger partial charge in [-0.15, -0.1) is 0 Å². The summed E-state index contributed by atoms with van der Waals surface area (Å²) in [5, 5.41) is 23.1. The van der Waals surface area contributed by atoms with Gasteiger partial charge < -0.3 is 10.2 Å². The molecule has 0 saturated heterocycles. The molecular formula is C16H18N2O3. The molecular weight excluding hydrogens is 268 g/mol. The standard InChI is InChI=1S/C16H18N2O3/c19-15(16(20)21)12-5-3-4-11(10-12)14-8-9-18(17-14)13-6-1-2-7-13/h3-5,8-10,13,15,19H,1-2,6-7H2,(H,20,21). The Kier molecular flexibility index (Phi) is 3.75. The largest absolute Gasteiger partial charge is 0.479 e. The Labute approximate surface area is 122 Å². The zero-order valence-electron chi connectivity index (χ0n) is 11.6. The summed E-state index contributed by atoms with van der Waals surface area (Å²) in [7, 11) is 0. The maximum atomic E-state index is 10.9. The van der Waals surface area contributed by atoms with Crippen LogP contribution in [0.5, 0.6) is 0 Å². The summed E-state index contributed by atoms with van der Waals surface area (Å²) in [6, 6.07) is 9.32. The smallest absolute Gasteiger partial charge is 0.337 e. The van der Waals surface area contributed by atoms with E-state index in [1.807, 2.05) is 23.0 Å². The minimum Gasteiger partial charge on any atom is -0.479 e. The van der Waals surface area contributed by atoms with Gasteiger partial charge in [-0.1, -0.05) is 31.0 Å². The third-order valence-corrected chi connectivity index (χ3v) is 4.04. The Hall–Kier alpha value is -2.14. The van der Waals surface area contributed by atoms with Gasteiger partial charge in [0.05, 0.1) is 11.7 Å². The first-order valence-electron chi connectivity index (χ1n) is 7.21. The van der Waals surface area contributed by atoms with E-state index in [4.69, 9.17) is 5.11 Å². The Morgan fingerprint density at radius 2 is 2.05 bits per heavy atom. The molecule has 1 aliphatic carbocycles. The molecule has 1 saturated carbocycles. The number of carboxylic acids is 1. The number of hydrogen-bond acceptors (Lipinski definition) is 3. The number of aliphatic hydroxyl groups excluding tert-OH is 1. The molecule has 21 heavy (non-hydrogen) atoms. The van der Waals surface area contributed by atoms with Crippen molar-refractivity contribution >= 4 is 5.97 Å². The molecule has 1 aromatic carbocycles. The summed E-state index contributed by atoms with van der Waals surface area (Å²) in [4.78, 5) is 10.9. The van der Waals surface area contributed by atoms with Gasteiger partial charge in [-0.2, -0.15) is 5.10 Å². The number of carbonyl (C=O) groups is 1. The lowest BCUT2D eigenvalue weighted by Gasteiger charge is -2.09. The Bertz CT molecular complexity index is 644. The Balaban J connectivity index is 1.86. The average molecular weight is 286 g/mol. The maximum absolute atomic E-state index is 10.9. The molecule has 1 unspecified atom stereocenters. The van der Waals surface area contributed by atoms with Crippen LogP contribution >= 0.6 is 0 Å². The highest BCUT2D eigenvalue weighted by molar-refractivity contribution is 5.75. The quantitative estimate of drug-likeness (QED) is 0.906.